The minimum atomic E-state index is -3.64. The first-order chi connectivity index (χ1) is 14.1. The molecule has 5 rings (SSSR count). The minimum absolute atomic E-state index is 0.0438. The van der Waals surface area contributed by atoms with Crippen molar-refractivity contribution >= 4 is 20.9 Å². The maximum atomic E-state index is 13.3. The molecular formula is C21H19N5O2S. The van der Waals surface area contributed by atoms with Crippen molar-refractivity contribution in [3.05, 3.63) is 73.1 Å². The predicted molar refractivity (Wildman–Crippen MR) is 110 cm³/mol. The van der Waals surface area contributed by atoms with Crippen LogP contribution in [0.3, 0.4) is 0 Å². The Morgan fingerprint density at radius 1 is 0.966 bits per heavy atom. The van der Waals surface area contributed by atoms with Crippen LogP contribution in [0.4, 0.5) is 0 Å². The summed E-state index contributed by atoms with van der Waals surface area (Å²) in [5.41, 5.74) is 2.28. The van der Waals surface area contributed by atoms with Gasteiger partial charge in [0, 0.05) is 30.2 Å². The van der Waals surface area contributed by atoms with E-state index >= 15 is 0 Å². The van der Waals surface area contributed by atoms with E-state index < -0.39 is 10.0 Å². The van der Waals surface area contributed by atoms with Gasteiger partial charge in [-0.25, -0.2) is 13.1 Å². The monoisotopic (exact) mass is 405 g/mol. The van der Waals surface area contributed by atoms with Crippen LogP contribution in [0.2, 0.25) is 0 Å². The van der Waals surface area contributed by atoms with Crippen molar-refractivity contribution in [3.8, 4) is 11.3 Å². The van der Waals surface area contributed by atoms with Crippen LogP contribution in [0.1, 0.15) is 12.5 Å². The van der Waals surface area contributed by atoms with Crippen LogP contribution in [-0.4, -0.2) is 45.8 Å². The van der Waals surface area contributed by atoms with Crippen molar-refractivity contribution in [2.45, 2.75) is 17.4 Å². The van der Waals surface area contributed by atoms with Gasteiger partial charge in [0.1, 0.15) is 10.6 Å². The lowest BCUT2D eigenvalue weighted by Gasteiger charge is -2.17. The molecule has 29 heavy (non-hydrogen) atoms. The summed E-state index contributed by atoms with van der Waals surface area (Å²) in [7, 11) is -3.64. The molecule has 0 spiro atoms. The van der Waals surface area contributed by atoms with Crippen molar-refractivity contribution in [2.75, 3.05) is 13.1 Å². The van der Waals surface area contributed by atoms with E-state index in [-0.39, 0.29) is 10.9 Å². The van der Waals surface area contributed by atoms with E-state index in [4.69, 9.17) is 0 Å². The summed E-state index contributed by atoms with van der Waals surface area (Å²) < 4.78 is 29.9. The second-order valence-corrected chi connectivity index (χ2v) is 8.99. The van der Waals surface area contributed by atoms with E-state index in [1.54, 1.807) is 29.1 Å². The number of para-hydroxylation sites is 1. The molecule has 8 heteroatoms. The van der Waals surface area contributed by atoms with Gasteiger partial charge in [0.2, 0.25) is 10.0 Å². The van der Waals surface area contributed by atoms with Gasteiger partial charge in [-0.1, -0.05) is 53.7 Å². The first kappa shape index (κ1) is 18.0. The largest absolute Gasteiger partial charge is 0.255 e. The Kier molecular flexibility index (Phi) is 4.37. The number of benzene rings is 2. The highest BCUT2D eigenvalue weighted by molar-refractivity contribution is 7.89. The summed E-state index contributed by atoms with van der Waals surface area (Å²) >= 11 is 0. The van der Waals surface area contributed by atoms with Crippen molar-refractivity contribution in [2.24, 2.45) is 0 Å². The Hall–Kier alpha value is -3.10. The molecule has 0 radical (unpaired) electrons. The van der Waals surface area contributed by atoms with E-state index in [1.165, 1.54) is 4.31 Å². The van der Waals surface area contributed by atoms with Gasteiger partial charge in [-0.3, -0.25) is 4.98 Å². The first-order valence-corrected chi connectivity index (χ1v) is 10.9. The van der Waals surface area contributed by atoms with E-state index in [0.29, 0.717) is 25.0 Å². The zero-order valence-electron chi connectivity index (χ0n) is 15.6. The highest BCUT2D eigenvalue weighted by Crippen LogP contribution is 2.30. The lowest BCUT2D eigenvalue weighted by molar-refractivity contribution is 0.428. The summed E-state index contributed by atoms with van der Waals surface area (Å²) in [4.78, 5) is 4.55. The van der Waals surface area contributed by atoms with Crippen molar-refractivity contribution in [3.63, 3.8) is 0 Å². The average Bonchev–Trinajstić information content (AvgIpc) is 3.44. The molecule has 2 aromatic carbocycles. The van der Waals surface area contributed by atoms with Gasteiger partial charge >= 0.3 is 0 Å². The van der Waals surface area contributed by atoms with E-state index in [9.17, 15) is 8.42 Å². The summed E-state index contributed by atoms with van der Waals surface area (Å²) in [6.07, 6.45) is 4.19. The van der Waals surface area contributed by atoms with Gasteiger partial charge in [-0.2, -0.15) is 4.31 Å². The molecular weight excluding hydrogens is 386 g/mol. The Bertz CT molecular complexity index is 1270. The number of sulfonamides is 1. The average molecular weight is 405 g/mol. The van der Waals surface area contributed by atoms with E-state index in [1.807, 2.05) is 48.7 Å². The molecule has 3 heterocycles. The molecule has 4 aromatic rings. The third-order valence-electron chi connectivity index (χ3n) is 5.29. The first-order valence-electron chi connectivity index (χ1n) is 9.44. The van der Waals surface area contributed by atoms with Crippen LogP contribution >= 0.6 is 0 Å². The number of nitrogens with zero attached hydrogens (tertiary/aromatic N) is 5. The lowest BCUT2D eigenvalue weighted by atomic mass is 10.2. The minimum Gasteiger partial charge on any atom is -0.255 e. The molecule has 0 aliphatic carbocycles. The molecule has 146 valence electrons. The van der Waals surface area contributed by atoms with Crippen LogP contribution < -0.4 is 0 Å². The molecule has 2 aromatic heterocycles. The third kappa shape index (κ3) is 3.20. The molecule has 0 bridgehead atoms. The zero-order chi connectivity index (χ0) is 19.8. The molecule has 0 unspecified atom stereocenters. The quantitative estimate of drug-likeness (QED) is 0.521. The van der Waals surface area contributed by atoms with E-state index in [0.717, 1.165) is 16.6 Å². The van der Waals surface area contributed by atoms with Gasteiger partial charge in [0.15, 0.2) is 0 Å². The summed E-state index contributed by atoms with van der Waals surface area (Å²) in [5, 5.41) is 9.31. The van der Waals surface area contributed by atoms with Crippen LogP contribution in [-0.2, 0) is 10.0 Å². The molecule has 0 amide bonds. The van der Waals surface area contributed by atoms with Gasteiger partial charge in [0.05, 0.1) is 17.8 Å². The van der Waals surface area contributed by atoms with E-state index in [2.05, 4.69) is 15.3 Å². The van der Waals surface area contributed by atoms with Crippen molar-refractivity contribution in [1.29, 1.82) is 0 Å². The lowest BCUT2D eigenvalue weighted by Crippen LogP contribution is -2.29. The number of fused-ring (bicyclic) bond motifs is 1. The Labute approximate surface area is 168 Å². The summed E-state index contributed by atoms with van der Waals surface area (Å²) in [6, 6.07) is 18.7. The van der Waals surface area contributed by atoms with Crippen LogP contribution in [0.5, 0.6) is 0 Å². The van der Waals surface area contributed by atoms with Gasteiger partial charge in [-0.05, 0) is 18.6 Å². The Morgan fingerprint density at radius 3 is 2.66 bits per heavy atom. The predicted octanol–water partition coefficient (Wildman–Crippen LogP) is 3.13. The van der Waals surface area contributed by atoms with Crippen molar-refractivity contribution < 1.29 is 8.42 Å². The molecule has 0 saturated carbocycles. The normalized spacial score (nSPS) is 17.7. The van der Waals surface area contributed by atoms with Crippen LogP contribution in [0.25, 0.3) is 22.2 Å². The number of hydrogen-bond acceptors (Lipinski definition) is 5. The molecule has 1 aliphatic rings. The second-order valence-electron chi connectivity index (χ2n) is 7.09. The molecule has 7 nitrogen and oxygen atoms in total. The van der Waals surface area contributed by atoms with Crippen LogP contribution in [0.15, 0.2) is 78.0 Å². The smallest absolute Gasteiger partial charge is 0.245 e. The SMILES string of the molecule is O=S(=O)(c1cccc2cccnc12)N1CC[C@@H](n2cc(-c3ccccc3)nn2)C1. The number of pyridine rings is 1. The van der Waals surface area contributed by atoms with Gasteiger partial charge in [0.25, 0.3) is 0 Å². The number of aromatic nitrogens is 4. The molecule has 1 saturated heterocycles. The van der Waals surface area contributed by atoms with Crippen molar-refractivity contribution in [1.82, 2.24) is 24.3 Å². The molecule has 1 atom stereocenters. The Balaban J connectivity index is 1.41. The van der Waals surface area contributed by atoms with Gasteiger partial charge < -0.3 is 0 Å². The zero-order valence-corrected chi connectivity index (χ0v) is 16.4. The molecule has 1 aliphatic heterocycles. The Morgan fingerprint density at radius 2 is 1.79 bits per heavy atom. The molecule has 1 fully saturated rings. The highest BCUT2D eigenvalue weighted by Gasteiger charge is 2.35. The highest BCUT2D eigenvalue weighted by atomic mass is 32.2. The van der Waals surface area contributed by atoms with Gasteiger partial charge in [-0.15, -0.1) is 5.10 Å². The fourth-order valence-electron chi connectivity index (χ4n) is 3.76. The summed E-state index contributed by atoms with van der Waals surface area (Å²) in [6.45, 7) is 0.805. The second kappa shape index (κ2) is 7.06. The summed E-state index contributed by atoms with van der Waals surface area (Å²) in [5.74, 6) is 0. The standard InChI is InChI=1S/C21H19N5O2S/c27-29(28,20-10-4-8-17-9-5-12-22-21(17)20)25-13-11-18(14-25)26-15-19(23-24-26)16-6-2-1-3-7-16/h1-10,12,15,18H,11,13-14H2/t18-/m1/s1. The topological polar surface area (TPSA) is 81.0 Å². The molecule has 0 N–H and O–H groups in total. The van der Waals surface area contributed by atoms with Crippen LogP contribution in [0, 0.1) is 0 Å². The third-order valence-corrected chi connectivity index (χ3v) is 7.19. The maximum Gasteiger partial charge on any atom is 0.245 e. The number of hydrogen-bond donors (Lipinski definition) is 0. The maximum absolute atomic E-state index is 13.3. The fourth-order valence-corrected chi connectivity index (χ4v) is 5.42. The fraction of sp³-hybridized carbons (Fsp3) is 0.190. The number of rotatable bonds is 4.